The molecule has 1 aliphatic heterocycles. The quantitative estimate of drug-likeness (QED) is 0.166. The van der Waals surface area contributed by atoms with E-state index in [0.29, 0.717) is 36.2 Å². The molecule has 7 nitrogen and oxygen atoms in total. The van der Waals surface area contributed by atoms with Crippen molar-refractivity contribution in [3.05, 3.63) is 47.5 Å². The van der Waals surface area contributed by atoms with E-state index in [9.17, 15) is 4.39 Å². The molecule has 2 heterocycles. The summed E-state index contributed by atoms with van der Waals surface area (Å²) in [4.78, 5) is 11.3. The van der Waals surface area contributed by atoms with Crippen LogP contribution in [-0.2, 0) is 4.74 Å². The van der Waals surface area contributed by atoms with E-state index in [-0.39, 0.29) is 5.02 Å². The van der Waals surface area contributed by atoms with Crippen molar-refractivity contribution in [1.29, 1.82) is 0 Å². The number of aromatic nitrogens is 2. The van der Waals surface area contributed by atoms with E-state index in [4.69, 9.17) is 25.8 Å². The summed E-state index contributed by atoms with van der Waals surface area (Å²) in [5.74, 6) is 1.48. The third kappa shape index (κ3) is 9.46. The maximum absolute atomic E-state index is 13.7. The van der Waals surface area contributed by atoms with Crippen LogP contribution in [-0.4, -0.2) is 60.9 Å². The molecule has 1 aromatic heterocycles. The maximum atomic E-state index is 13.7. The molecule has 0 radical (unpaired) electrons. The standard InChI is InChI=1S/C31H42ClFN4O3/c1-2-3-4-5-6-7-8-9-16-39-30-22-28-25(21-29(30)40-17-10-13-37-14-18-38-19-15-37)31(35-23-34-28)36-24-11-12-27(33)26(32)20-24/h11-12,20-23H,2-10,13-19H2,1H3,(H,34,35,36). The van der Waals surface area contributed by atoms with Gasteiger partial charge in [0.05, 0.1) is 37.0 Å². The Kier molecular flexibility index (Phi) is 12.5. The lowest BCUT2D eigenvalue weighted by Crippen LogP contribution is -2.37. The molecule has 9 heteroatoms. The Morgan fingerprint density at radius 1 is 0.900 bits per heavy atom. The molecule has 0 aliphatic carbocycles. The van der Waals surface area contributed by atoms with Gasteiger partial charge in [0, 0.05) is 36.8 Å². The van der Waals surface area contributed by atoms with Crippen molar-refractivity contribution >= 4 is 34.0 Å². The molecule has 1 N–H and O–H groups in total. The van der Waals surface area contributed by atoms with Gasteiger partial charge in [0.25, 0.3) is 0 Å². The third-order valence-corrected chi connectivity index (χ3v) is 7.41. The van der Waals surface area contributed by atoms with Crippen molar-refractivity contribution in [1.82, 2.24) is 14.9 Å². The molecule has 1 saturated heterocycles. The van der Waals surface area contributed by atoms with Crippen LogP contribution < -0.4 is 14.8 Å². The molecule has 0 unspecified atom stereocenters. The second-order valence-electron chi connectivity index (χ2n) is 10.3. The monoisotopic (exact) mass is 572 g/mol. The van der Waals surface area contributed by atoms with Crippen LogP contribution in [0.4, 0.5) is 15.9 Å². The van der Waals surface area contributed by atoms with E-state index in [1.54, 1.807) is 6.07 Å². The summed E-state index contributed by atoms with van der Waals surface area (Å²) >= 11 is 5.99. The summed E-state index contributed by atoms with van der Waals surface area (Å²) in [7, 11) is 0. The molecule has 0 atom stereocenters. The number of unbranched alkanes of at least 4 members (excludes halogenated alkanes) is 7. The topological polar surface area (TPSA) is 68.7 Å². The molecule has 1 aliphatic rings. The molecule has 0 spiro atoms. The number of nitrogens with zero attached hydrogens (tertiary/aromatic N) is 3. The number of halogens is 2. The Morgan fingerprint density at radius 2 is 1.60 bits per heavy atom. The summed E-state index contributed by atoms with van der Waals surface area (Å²) in [6.45, 7) is 7.92. The van der Waals surface area contributed by atoms with Crippen LogP contribution in [0.5, 0.6) is 11.5 Å². The average molecular weight is 573 g/mol. The van der Waals surface area contributed by atoms with Gasteiger partial charge in [0.2, 0.25) is 0 Å². The fourth-order valence-electron chi connectivity index (χ4n) is 4.81. The highest BCUT2D eigenvalue weighted by atomic mass is 35.5. The second-order valence-corrected chi connectivity index (χ2v) is 10.7. The number of fused-ring (bicyclic) bond motifs is 1. The van der Waals surface area contributed by atoms with E-state index in [2.05, 4.69) is 27.1 Å². The normalized spacial score (nSPS) is 14.0. The molecule has 0 saturated carbocycles. The first kappa shape index (κ1) is 30.3. The van der Waals surface area contributed by atoms with E-state index in [1.165, 1.54) is 57.0 Å². The molecule has 0 amide bonds. The van der Waals surface area contributed by atoms with Crippen molar-refractivity contribution in [2.75, 3.05) is 51.4 Å². The molecule has 218 valence electrons. The SMILES string of the molecule is CCCCCCCCCCOc1cc2ncnc(Nc3ccc(F)c(Cl)c3)c2cc1OCCCN1CCOCC1. The van der Waals surface area contributed by atoms with Gasteiger partial charge in [-0.2, -0.15) is 0 Å². The van der Waals surface area contributed by atoms with Crippen molar-refractivity contribution in [2.45, 2.75) is 64.7 Å². The molecule has 1 fully saturated rings. The minimum atomic E-state index is -0.467. The van der Waals surface area contributed by atoms with Crippen LogP contribution in [0.2, 0.25) is 5.02 Å². The van der Waals surface area contributed by atoms with Gasteiger partial charge in [0.15, 0.2) is 11.5 Å². The molecule has 2 aromatic carbocycles. The van der Waals surface area contributed by atoms with E-state index in [1.807, 2.05) is 12.1 Å². The second kappa shape index (κ2) is 16.6. The highest BCUT2D eigenvalue weighted by Gasteiger charge is 2.14. The number of morpholine rings is 1. The van der Waals surface area contributed by atoms with Crippen LogP contribution in [0.15, 0.2) is 36.7 Å². The zero-order valence-electron chi connectivity index (χ0n) is 23.6. The van der Waals surface area contributed by atoms with Gasteiger partial charge in [-0.1, -0.05) is 63.5 Å². The van der Waals surface area contributed by atoms with Gasteiger partial charge in [-0.3, -0.25) is 4.90 Å². The number of ether oxygens (including phenoxy) is 3. The lowest BCUT2D eigenvalue weighted by atomic mass is 10.1. The zero-order valence-corrected chi connectivity index (χ0v) is 24.4. The van der Waals surface area contributed by atoms with E-state index < -0.39 is 5.82 Å². The van der Waals surface area contributed by atoms with Crippen molar-refractivity contribution in [2.24, 2.45) is 0 Å². The summed E-state index contributed by atoms with van der Waals surface area (Å²) in [6, 6.07) is 8.34. The van der Waals surface area contributed by atoms with Gasteiger partial charge < -0.3 is 19.5 Å². The van der Waals surface area contributed by atoms with Gasteiger partial charge in [-0.05, 0) is 37.1 Å². The first-order valence-electron chi connectivity index (χ1n) is 14.7. The van der Waals surface area contributed by atoms with Crippen molar-refractivity contribution < 1.29 is 18.6 Å². The largest absolute Gasteiger partial charge is 0.490 e. The number of benzene rings is 2. The summed E-state index contributed by atoms with van der Waals surface area (Å²) in [6.07, 6.45) is 12.4. The Balaban J connectivity index is 1.42. The van der Waals surface area contributed by atoms with Crippen LogP contribution in [0.25, 0.3) is 10.9 Å². The fourth-order valence-corrected chi connectivity index (χ4v) is 4.99. The molecular weight excluding hydrogens is 531 g/mol. The Bertz CT molecular complexity index is 1190. The summed E-state index contributed by atoms with van der Waals surface area (Å²) < 4.78 is 31.6. The maximum Gasteiger partial charge on any atom is 0.163 e. The number of nitrogens with one attached hydrogen (secondary N) is 1. The fraction of sp³-hybridized carbons (Fsp3) is 0.548. The van der Waals surface area contributed by atoms with Crippen molar-refractivity contribution in [3.63, 3.8) is 0 Å². The number of hydrogen-bond donors (Lipinski definition) is 1. The molecule has 4 rings (SSSR count). The smallest absolute Gasteiger partial charge is 0.163 e. The summed E-state index contributed by atoms with van der Waals surface area (Å²) in [5.41, 5.74) is 1.37. The summed E-state index contributed by atoms with van der Waals surface area (Å²) in [5, 5.41) is 4.07. The highest BCUT2D eigenvalue weighted by Crippen LogP contribution is 2.35. The van der Waals surface area contributed by atoms with Gasteiger partial charge in [-0.25, -0.2) is 14.4 Å². The van der Waals surface area contributed by atoms with Gasteiger partial charge in [-0.15, -0.1) is 0 Å². The predicted octanol–water partition coefficient (Wildman–Crippen LogP) is 7.79. The number of rotatable bonds is 17. The molecule has 3 aromatic rings. The highest BCUT2D eigenvalue weighted by molar-refractivity contribution is 6.31. The molecule has 0 bridgehead atoms. The predicted molar refractivity (Wildman–Crippen MR) is 160 cm³/mol. The molecule has 40 heavy (non-hydrogen) atoms. The van der Waals surface area contributed by atoms with Crippen LogP contribution in [0.3, 0.4) is 0 Å². The van der Waals surface area contributed by atoms with Gasteiger partial charge in [0.1, 0.15) is 18.0 Å². The van der Waals surface area contributed by atoms with Gasteiger partial charge >= 0.3 is 0 Å². The minimum absolute atomic E-state index is 0.0456. The third-order valence-electron chi connectivity index (χ3n) is 7.12. The first-order chi connectivity index (χ1) is 19.6. The van der Waals surface area contributed by atoms with Crippen LogP contribution in [0, 0.1) is 5.82 Å². The Hall–Kier alpha value is -2.68. The lowest BCUT2D eigenvalue weighted by molar-refractivity contribution is 0.0357. The Morgan fingerprint density at radius 3 is 2.35 bits per heavy atom. The Labute approximate surface area is 242 Å². The first-order valence-corrected chi connectivity index (χ1v) is 15.1. The molecular formula is C31H42ClFN4O3. The minimum Gasteiger partial charge on any atom is -0.490 e. The van der Waals surface area contributed by atoms with E-state index >= 15 is 0 Å². The lowest BCUT2D eigenvalue weighted by Gasteiger charge is -2.26. The van der Waals surface area contributed by atoms with Crippen LogP contribution >= 0.6 is 11.6 Å². The number of anilines is 2. The zero-order chi connectivity index (χ0) is 28.0. The van der Waals surface area contributed by atoms with Crippen molar-refractivity contribution in [3.8, 4) is 11.5 Å². The van der Waals surface area contributed by atoms with Crippen LogP contribution in [0.1, 0.15) is 64.7 Å². The average Bonchev–Trinajstić information content (AvgIpc) is 2.97. The number of hydrogen-bond acceptors (Lipinski definition) is 7. The van der Waals surface area contributed by atoms with E-state index in [0.717, 1.165) is 63.0 Å².